The third-order valence-corrected chi connectivity index (χ3v) is 3.15. The van der Waals surface area contributed by atoms with Crippen LogP contribution < -0.4 is 4.90 Å². The number of aromatic nitrogens is 1. The molecule has 1 amide bonds. The third-order valence-electron chi connectivity index (χ3n) is 2.07. The molecule has 1 aliphatic heterocycles. The van der Waals surface area contributed by atoms with Crippen molar-refractivity contribution in [3.8, 4) is 0 Å². The van der Waals surface area contributed by atoms with Gasteiger partial charge in [0.2, 0.25) is 5.91 Å². The lowest BCUT2D eigenvalue weighted by molar-refractivity contribution is -0.117. The summed E-state index contributed by atoms with van der Waals surface area (Å²) in [6, 6.07) is 3.73. The normalized spacial score (nSPS) is 21.7. The van der Waals surface area contributed by atoms with Crippen molar-refractivity contribution in [1.29, 1.82) is 0 Å². The molecule has 0 saturated carbocycles. The van der Waals surface area contributed by atoms with Gasteiger partial charge in [0.05, 0.1) is 0 Å². The van der Waals surface area contributed by atoms with Gasteiger partial charge in [-0.1, -0.05) is 15.9 Å². The molecule has 2 rings (SSSR count). The zero-order valence-corrected chi connectivity index (χ0v) is 10.5. The molecule has 14 heavy (non-hydrogen) atoms. The van der Waals surface area contributed by atoms with E-state index in [0.717, 1.165) is 10.3 Å². The van der Waals surface area contributed by atoms with E-state index in [1.165, 1.54) is 0 Å². The Labute approximate surface area is 98.8 Å². The van der Waals surface area contributed by atoms with Crippen LogP contribution in [0.5, 0.6) is 0 Å². The minimum Gasteiger partial charge on any atom is -0.296 e. The Hall–Kier alpha value is -0.420. The Balaban J connectivity index is 2.23. The lowest BCUT2D eigenvalue weighted by atomic mass is 10.4. The topological polar surface area (TPSA) is 33.2 Å². The Morgan fingerprint density at radius 1 is 1.50 bits per heavy atom. The van der Waals surface area contributed by atoms with Crippen LogP contribution in [0, 0.1) is 0 Å². The van der Waals surface area contributed by atoms with E-state index in [9.17, 15) is 4.79 Å². The van der Waals surface area contributed by atoms with Crippen molar-refractivity contribution in [3.63, 3.8) is 0 Å². The molecule has 5 heteroatoms. The van der Waals surface area contributed by atoms with E-state index in [2.05, 4.69) is 36.8 Å². The van der Waals surface area contributed by atoms with Gasteiger partial charge in [0.25, 0.3) is 0 Å². The van der Waals surface area contributed by atoms with E-state index >= 15 is 0 Å². The van der Waals surface area contributed by atoms with Crippen molar-refractivity contribution >= 4 is 43.6 Å². The summed E-state index contributed by atoms with van der Waals surface area (Å²) in [6.45, 7) is 0.702. The molecule has 3 nitrogen and oxygen atoms in total. The van der Waals surface area contributed by atoms with Crippen molar-refractivity contribution in [1.82, 2.24) is 4.98 Å². The molecule has 0 bridgehead atoms. The van der Waals surface area contributed by atoms with Crippen molar-refractivity contribution < 1.29 is 4.79 Å². The summed E-state index contributed by atoms with van der Waals surface area (Å²) in [4.78, 5) is 17.6. The van der Waals surface area contributed by atoms with Crippen LogP contribution in [-0.4, -0.2) is 22.3 Å². The van der Waals surface area contributed by atoms with Crippen LogP contribution in [0.3, 0.4) is 0 Å². The maximum atomic E-state index is 11.5. The van der Waals surface area contributed by atoms with Gasteiger partial charge in [0.15, 0.2) is 0 Å². The molecule has 0 radical (unpaired) electrons. The predicted molar refractivity (Wildman–Crippen MR) is 61.6 cm³/mol. The Morgan fingerprint density at radius 3 is 2.79 bits per heavy atom. The summed E-state index contributed by atoms with van der Waals surface area (Å²) in [5.41, 5.74) is 0. The SMILES string of the molecule is O=C1CC(Br)CN1c1ccc(Br)cn1. The number of amides is 1. The Kier molecular flexibility index (Phi) is 2.88. The fourth-order valence-corrected chi connectivity index (χ4v) is 2.21. The molecular weight excluding hydrogens is 312 g/mol. The molecule has 1 unspecified atom stereocenters. The monoisotopic (exact) mass is 318 g/mol. The molecule has 1 aromatic rings. The second kappa shape index (κ2) is 3.98. The van der Waals surface area contributed by atoms with Gasteiger partial charge in [0.1, 0.15) is 5.82 Å². The summed E-state index contributed by atoms with van der Waals surface area (Å²) < 4.78 is 0.920. The highest BCUT2D eigenvalue weighted by Crippen LogP contribution is 2.24. The summed E-state index contributed by atoms with van der Waals surface area (Å²) in [7, 11) is 0. The number of carbonyl (C=O) groups is 1. The van der Waals surface area contributed by atoms with E-state index in [-0.39, 0.29) is 10.7 Å². The minimum atomic E-state index is 0.127. The summed E-state index contributed by atoms with van der Waals surface area (Å²) >= 11 is 6.74. The van der Waals surface area contributed by atoms with Gasteiger partial charge < -0.3 is 0 Å². The predicted octanol–water partition coefficient (Wildman–Crippen LogP) is 2.34. The molecule has 0 N–H and O–H groups in total. The first-order chi connectivity index (χ1) is 6.66. The smallest absolute Gasteiger partial charge is 0.229 e. The molecule has 74 valence electrons. The van der Waals surface area contributed by atoms with E-state index in [1.807, 2.05) is 12.1 Å². The van der Waals surface area contributed by atoms with Gasteiger partial charge in [-0.25, -0.2) is 4.98 Å². The van der Waals surface area contributed by atoms with Crippen LogP contribution in [0.2, 0.25) is 0 Å². The Morgan fingerprint density at radius 2 is 2.29 bits per heavy atom. The van der Waals surface area contributed by atoms with E-state index in [1.54, 1.807) is 11.1 Å². The van der Waals surface area contributed by atoms with Crippen molar-refractivity contribution in [2.75, 3.05) is 11.4 Å². The van der Waals surface area contributed by atoms with Gasteiger partial charge in [-0.15, -0.1) is 0 Å². The molecule has 0 aliphatic carbocycles. The number of alkyl halides is 1. The van der Waals surface area contributed by atoms with Crippen LogP contribution >= 0.6 is 31.9 Å². The molecular formula is C9H8Br2N2O. The first-order valence-corrected chi connectivity index (χ1v) is 5.93. The fourth-order valence-electron chi connectivity index (χ4n) is 1.41. The van der Waals surface area contributed by atoms with Crippen molar-refractivity contribution in [2.45, 2.75) is 11.2 Å². The maximum absolute atomic E-state index is 11.5. The maximum Gasteiger partial charge on any atom is 0.229 e. The quantitative estimate of drug-likeness (QED) is 0.744. The largest absolute Gasteiger partial charge is 0.296 e. The van der Waals surface area contributed by atoms with Crippen LogP contribution in [0.4, 0.5) is 5.82 Å². The molecule has 0 spiro atoms. The summed E-state index contributed by atoms with van der Waals surface area (Å²) in [5.74, 6) is 0.849. The number of anilines is 1. The molecule has 0 aromatic carbocycles. The molecule has 1 fully saturated rings. The first kappa shape index (κ1) is 10.1. The molecule has 1 saturated heterocycles. The summed E-state index contributed by atoms with van der Waals surface area (Å²) in [6.07, 6.45) is 2.25. The summed E-state index contributed by atoms with van der Waals surface area (Å²) in [5, 5.41) is 0. The average Bonchev–Trinajstić information content (AvgIpc) is 2.47. The van der Waals surface area contributed by atoms with Crippen molar-refractivity contribution in [2.24, 2.45) is 0 Å². The number of carbonyl (C=O) groups excluding carboxylic acids is 1. The second-order valence-corrected chi connectivity index (χ2v) is 5.35. The molecule has 1 aromatic heterocycles. The number of hydrogen-bond acceptors (Lipinski definition) is 2. The van der Waals surface area contributed by atoms with Crippen LogP contribution in [0.25, 0.3) is 0 Å². The fraction of sp³-hybridized carbons (Fsp3) is 0.333. The van der Waals surface area contributed by atoms with Crippen molar-refractivity contribution in [3.05, 3.63) is 22.8 Å². The van der Waals surface area contributed by atoms with Gasteiger partial charge in [-0.2, -0.15) is 0 Å². The number of pyridine rings is 1. The van der Waals surface area contributed by atoms with Gasteiger partial charge in [0, 0.05) is 28.5 Å². The van der Waals surface area contributed by atoms with Crippen LogP contribution in [-0.2, 0) is 4.79 Å². The zero-order chi connectivity index (χ0) is 10.1. The lowest BCUT2D eigenvalue weighted by Crippen LogP contribution is -2.25. The molecule has 1 atom stereocenters. The first-order valence-electron chi connectivity index (χ1n) is 4.23. The average molecular weight is 320 g/mol. The minimum absolute atomic E-state index is 0.127. The van der Waals surface area contributed by atoms with E-state index in [4.69, 9.17) is 0 Å². The Bertz CT molecular complexity index is 352. The number of rotatable bonds is 1. The van der Waals surface area contributed by atoms with E-state index < -0.39 is 0 Å². The number of halogens is 2. The standard InChI is InChI=1S/C9H8Br2N2O/c10-6-1-2-8(12-4-6)13-5-7(11)3-9(13)14/h1-2,4,7H,3,5H2. The highest BCUT2D eigenvalue weighted by Gasteiger charge is 2.29. The highest BCUT2D eigenvalue weighted by molar-refractivity contribution is 9.10. The number of nitrogens with zero attached hydrogens (tertiary/aromatic N) is 2. The van der Waals surface area contributed by atoms with E-state index in [0.29, 0.717) is 13.0 Å². The highest BCUT2D eigenvalue weighted by atomic mass is 79.9. The van der Waals surface area contributed by atoms with Crippen LogP contribution in [0.1, 0.15) is 6.42 Å². The van der Waals surface area contributed by atoms with Gasteiger partial charge >= 0.3 is 0 Å². The van der Waals surface area contributed by atoms with Gasteiger partial charge in [-0.3, -0.25) is 9.69 Å². The third kappa shape index (κ3) is 1.98. The molecule has 1 aliphatic rings. The molecule has 2 heterocycles. The zero-order valence-electron chi connectivity index (χ0n) is 7.28. The second-order valence-electron chi connectivity index (χ2n) is 3.14. The number of hydrogen-bond donors (Lipinski definition) is 0. The van der Waals surface area contributed by atoms with Crippen LogP contribution in [0.15, 0.2) is 22.8 Å². The lowest BCUT2D eigenvalue weighted by Gasteiger charge is -2.14. The van der Waals surface area contributed by atoms with Gasteiger partial charge in [-0.05, 0) is 28.1 Å².